The molecule has 0 saturated heterocycles. The summed E-state index contributed by atoms with van der Waals surface area (Å²) in [5.74, 6) is -1.04. The fourth-order valence-electron chi connectivity index (χ4n) is 2.12. The number of nitrogens with one attached hydrogen (secondary N) is 1. The molecule has 0 aliphatic rings. The van der Waals surface area contributed by atoms with Gasteiger partial charge in [-0.1, -0.05) is 35.9 Å². The lowest BCUT2D eigenvalue weighted by molar-refractivity contribution is -0.117. The van der Waals surface area contributed by atoms with Gasteiger partial charge in [0.2, 0.25) is 0 Å². The highest BCUT2D eigenvalue weighted by atomic mass is 16.3. The van der Waals surface area contributed by atoms with Crippen molar-refractivity contribution in [2.24, 2.45) is 0 Å². The molecule has 0 radical (unpaired) electrons. The van der Waals surface area contributed by atoms with E-state index in [1.54, 1.807) is 0 Å². The van der Waals surface area contributed by atoms with Gasteiger partial charge in [-0.15, -0.1) is 0 Å². The first-order valence-corrected chi connectivity index (χ1v) is 7.47. The third-order valence-electron chi connectivity index (χ3n) is 3.50. The van der Waals surface area contributed by atoms with Crippen molar-refractivity contribution >= 4 is 12.0 Å². The number of carbonyl (C=O) groups excluding carboxylic acids is 1. The Morgan fingerprint density at radius 2 is 1.88 bits per heavy atom. The molecule has 5 heteroatoms. The van der Waals surface area contributed by atoms with Gasteiger partial charge in [-0.2, -0.15) is 5.26 Å². The standard InChI is InChI=1S/C19H18N2O3/c1-13-2-4-14(5-3-13)8-9-21-19(24)16(12-20)10-15-6-7-17(22)18(23)11-15/h2-7,10-11,22-23H,8-9H2,1H3,(H,21,24)/b16-10+. The molecule has 0 aliphatic heterocycles. The van der Waals surface area contributed by atoms with Gasteiger partial charge in [0.05, 0.1) is 0 Å². The van der Waals surface area contributed by atoms with E-state index in [-0.39, 0.29) is 17.1 Å². The molecule has 0 atom stereocenters. The molecule has 0 heterocycles. The molecule has 5 nitrogen and oxygen atoms in total. The number of nitrogens with zero attached hydrogens (tertiary/aromatic N) is 1. The third kappa shape index (κ3) is 4.62. The first-order chi connectivity index (χ1) is 11.5. The minimum absolute atomic E-state index is 0.0657. The summed E-state index contributed by atoms with van der Waals surface area (Å²) in [7, 11) is 0. The summed E-state index contributed by atoms with van der Waals surface area (Å²) in [5.41, 5.74) is 2.67. The summed E-state index contributed by atoms with van der Waals surface area (Å²) in [6.45, 7) is 2.43. The highest BCUT2D eigenvalue weighted by Gasteiger charge is 2.09. The largest absolute Gasteiger partial charge is 0.504 e. The van der Waals surface area contributed by atoms with Crippen LogP contribution in [0.4, 0.5) is 0 Å². The van der Waals surface area contributed by atoms with Gasteiger partial charge in [-0.25, -0.2) is 0 Å². The zero-order valence-corrected chi connectivity index (χ0v) is 13.3. The zero-order chi connectivity index (χ0) is 17.5. The van der Waals surface area contributed by atoms with E-state index in [9.17, 15) is 15.0 Å². The molecule has 0 fully saturated rings. The maximum atomic E-state index is 12.1. The molecule has 0 spiro atoms. The van der Waals surface area contributed by atoms with Crippen molar-refractivity contribution in [2.75, 3.05) is 6.54 Å². The first kappa shape index (κ1) is 17.1. The lowest BCUT2D eigenvalue weighted by Gasteiger charge is -2.05. The van der Waals surface area contributed by atoms with E-state index in [1.165, 1.54) is 29.8 Å². The van der Waals surface area contributed by atoms with Gasteiger partial charge in [-0.05, 0) is 42.7 Å². The number of aryl methyl sites for hydroxylation is 1. The number of rotatable bonds is 5. The number of benzene rings is 2. The van der Waals surface area contributed by atoms with Crippen LogP contribution in [0.2, 0.25) is 0 Å². The molecule has 0 unspecified atom stereocenters. The molecule has 2 aromatic rings. The van der Waals surface area contributed by atoms with E-state index in [2.05, 4.69) is 5.32 Å². The molecule has 0 bridgehead atoms. The molecule has 2 rings (SSSR count). The Morgan fingerprint density at radius 1 is 1.17 bits per heavy atom. The van der Waals surface area contributed by atoms with Crippen LogP contribution in [0.1, 0.15) is 16.7 Å². The van der Waals surface area contributed by atoms with Crippen LogP contribution in [0, 0.1) is 18.3 Å². The number of phenolic OH excluding ortho intramolecular Hbond substituents is 2. The Bertz CT molecular complexity index is 802. The van der Waals surface area contributed by atoms with Gasteiger partial charge in [0.1, 0.15) is 11.6 Å². The molecule has 24 heavy (non-hydrogen) atoms. The van der Waals surface area contributed by atoms with E-state index in [1.807, 2.05) is 37.3 Å². The zero-order valence-electron chi connectivity index (χ0n) is 13.3. The van der Waals surface area contributed by atoms with Crippen LogP contribution in [-0.4, -0.2) is 22.7 Å². The predicted octanol–water partition coefficient (Wildman–Crippen LogP) is 2.67. The molecule has 122 valence electrons. The van der Waals surface area contributed by atoms with Gasteiger partial charge >= 0.3 is 0 Å². The number of phenols is 2. The number of nitriles is 1. The molecule has 3 N–H and O–H groups in total. The highest BCUT2D eigenvalue weighted by molar-refractivity contribution is 6.01. The Morgan fingerprint density at radius 3 is 2.50 bits per heavy atom. The smallest absolute Gasteiger partial charge is 0.261 e. The van der Waals surface area contributed by atoms with Gasteiger partial charge in [-0.3, -0.25) is 4.79 Å². The summed E-state index contributed by atoms with van der Waals surface area (Å²) in [6, 6.07) is 14.0. The molecular weight excluding hydrogens is 304 g/mol. The second kappa shape index (κ2) is 7.84. The predicted molar refractivity (Wildman–Crippen MR) is 91.3 cm³/mol. The van der Waals surface area contributed by atoms with Crippen LogP contribution in [0.5, 0.6) is 11.5 Å². The average molecular weight is 322 g/mol. The average Bonchev–Trinajstić information content (AvgIpc) is 2.57. The van der Waals surface area contributed by atoms with Crippen LogP contribution in [0.15, 0.2) is 48.0 Å². The van der Waals surface area contributed by atoms with E-state index in [0.29, 0.717) is 18.5 Å². The maximum absolute atomic E-state index is 12.1. The normalized spacial score (nSPS) is 10.9. The summed E-state index contributed by atoms with van der Waals surface area (Å²) in [6.07, 6.45) is 2.03. The fraction of sp³-hybridized carbons (Fsp3) is 0.158. The summed E-state index contributed by atoms with van der Waals surface area (Å²) in [5, 5.41) is 30.6. The quantitative estimate of drug-likeness (QED) is 0.448. The first-order valence-electron chi connectivity index (χ1n) is 7.47. The minimum Gasteiger partial charge on any atom is -0.504 e. The van der Waals surface area contributed by atoms with E-state index < -0.39 is 5.91 Å². The lowest BCUT2D eigenvalue weighted by atomic mass is 10.1. The Labute approximate surface area is 140 Å². The molecule has 2 aromatic carbocycles. The fourth-order valence-corrected chi connectivity index (χ4v) is 2.12. The van der Waals surface area contributed by atoms with Gasteiger partial charge < -0.3 is 15.5 Å². The SMILES string of the molecule is Cc1ccc(CCNC(=O)/C(C#N)=C/c2ccc(O)c(O)c2)cc1. The van der Waals surface area contributed by atoms with Crippen LogP contribution in [0.25, 0.3) is 6.08 Å². The second-order valence-corrected chi connectivity index (χ2v) is 5.41. The molecule has 1 amide bonds. The van der Waals surface area contributed by atoms with Gasteiger partial charge in [0.25, 0.3) is 5.91 Å². The second-order valence-electron chi connectivity index (χ2n) is 5.41. The van der Waals surface area contributed by atoms with Crippen molar-refractivity contribution in [3.05, 3.63) is 64.7 Å². The van der Waals surface area contributed by atoms with E-state index >= 15 is 0 Å². The summed E-state index contributed by atoms with van der Waals surface area (Å²) < 4.78 is 0. The highest BCUT2D eigenvalue weighted by Crippen LogP contribution is 2.25. The number of aromatic hydroxyl groups is 2. The minimum atomic E-state index is -0.475. The monoisotopic (exact) mass is 322 g/mol. The van der Waals surface area contributed by atoms with Gasteiger partial charge in [0, 0.05) is 6.54 Å². The third-order valence-corrected chi connectivity index (χ3v) is 3.50. The number of hydrogen-bond acceptors (Lipinski definition) is 4. The van der Waals surface area contributed by atoms with Crippen molar-refractivity contribution in [3.8, 4) is 17.6 Å². The molecule has 0 aromatic heterocycles. The number of hydrogen-bond donors (Lipinski definition) is 3. The van der Waals surface area contributed by atoms with Crippen LogP contribution < -0.4 is 5.32 Å². The molecule has 0 aliphatic carbocycles. The summed E-state index contributed by atoms with van der Waals surface area (Å²) >= 11 is 0. The lowest BCUT2D eigenvalue weighted by Crippen LogP contribution is -2.26. The summed E-state index contributed by atoms with van der Waals surface area (Å²) in [4.78, 5) is 12.1. The Hall–Kier alpha value is -3.26. The maximum Gasteiger partial charge on any atom is 0.261 e. The van der Waals surface area contributed by atoms with Crippen LogP contribution in [-0.2, 0) is 11.2 Å². The van der Waals surface area contributed by atoms with Crippen LogP contribution >= 0.6 is 0 Å². The van der Waals surface area contributed by atoms with E-state index in [0.717, 1.165) is 5.56 Å². The van der Waals surface area contributed by atoms with Crippen molar-refractivity contribution in [3.63, 3.8) is 0 Å². The van der Waals surface area contributed by atoms with Crippen molar-refractivity contribution in [1.82, 2.24) is 5.32 Å². The van der Waals surface area contributed by atoms with Crippen molar-refractivity contribution in [2.45, 2.75) is 13.3 Å². The van der Waals surface area contributed by atoms with E-state index in [4.69, 9.17) is 5.26 Å². The number of amides is 1. The van der Waals surface area contributed by atoms with Crippen molar-refractivity contribution < 1.29 is 15.0 Å². The molecule has 0 saturated carbocycles. The van der Waals surface area contributed by atoms with Gasteiger partial charge in [0.15, 0.2) is 11.5 Å². The van der Waals surface area contributed by atoms with Crippen LogP contribution in [0.3, 0.4) is 0 Å². The Kier molecular flexibility index (Phi) is 5.58. The van der Waals surface area contributed by atoms with Crippen molar-refractivity contribution in [1.29, 1.82) is 5.26 Å². The Balaban J connectivity index is 1.98. The number of carbonyl (C=O) groups is 1. The topological polar surface area (TPSA) is 93.4 Å². The molecular formula is C19H18N2O3.